The molecular weight excluding hydrogens is 290 g/mol. The third kappa shape index (κ3) is 2.40. The van der Waals surface area contributed by atoms with Crippen LogP contribution in [-0.2, 0) is 0 Å². The molecule has 98 valence electrons. The van der Waals surface area contributed by atoms with Crippen LogP contribution in [0.2, 0.25) is 0 Å². The van der Waals surface area contributed by atoms with Crippen molar-refractivity contribution in [3.05, 3.63) is 17.0 Å². The molecule has 0 aromatic carbocycles. The molecule has 1 aliphatic carbocycles. The van der Waals surface area contributed by atoms with E-state index in [1.54, 1.807) is 6.33 Å². The van der Waals surface area contributed by atoms with E-state index in [1.165, 1.54) is 44.9 Å². The van der Waals surface area contributed by atoms with Gasteiger partial charge in [-0.2, -0.15) is 0 Å². The smallest absolute Gasteiger partial charge is 0.146 e. The number of nitrogens with zero attached hydrogens (tertiary/aromatic N) is 3. The molecule has 0 N–H and O–H groups in total. The summed E-state index contributed by atoms with van der Waals surface area (Å²) < 4.78 is 1.02. The molecule has 2 aliphatic rings. The molecule has 0 radical (unpaired) electrons. The van der Waals surface area contributed by atoms with Gasteiger partial charge in [-0.1, -0.05) is 19.3 Å². The van der Waals surface area contributed by atoms with E-state index in [-0.39, 0.29) is 0 Å². The molecule has 1 aromatic rings. The molecule has 2 heterocycles. The Bertz CT molecular complexity index is 405. The van der Waals surface area contributed by atoms with Gasteiger partial charge < -0.3 is 4.90 Å². The van der Waals surface area contributed by atoms with Crippen molar-refractivity contribution in [2.24, 2.45) is 5.41 Å². The molecule has 0 unspecified atom stereocenters. The first-order valence-electron chi connectivity index (χ1n) is 7.00. The van der Waals surface area contributed by atoms with Crippen LogP contribution in [0.3, 0.4) is 0 Å². The highest BCUT2D eigenvalue weighted by molar-refractivity contribution is 9.10. The standard InChI is InChI=1S/C14H20BrN3/c15-12-10-16-11-17-13(12)18-8-6-14(7-9-18)4-2-1-3-5-14/h10-11H,1-9H2. The van der Waals surface area contributed by atoms with Gasteiger partial charge in [-0.05, 0) is 47.0 Å². The quantitative estimate of drug-likeness (QED) is 0.790. The Labute approximate surface area is 117 Å². The van der Waals surface area contributed by atoms with E-state index >= 15 is 0 Å². The van der Waals surface area contributed by atoms with Gasteiger partial charge in [0.15, 0.2) is 0 Å². The monoisotopic (exact) mass is 309 g/mol. The summed E-state index contributed by atoms with van der Waals surface area (Å²) in [4.78, 5) is 10.9. The van der Waals surface area contributed by atoms with Crippen molar-refractivity contribution in [1.82, 2.24) is 9.97 Å². The topological polar surface area (TPSA) is 29.0 Å². The second kappa shape index (κ2) is 5.16. The van der Waals surface area contributed by atoms with E-state index in [2.05, 4.69) is 30.8 Å². The van der Waals surface area contributed by atoms with Gasteiger partial charge in [0.1, 0.15) is 12.1 Å². The van der Waals surface area contributed by atoms with Crippen molar-refractivity contribution in [3.8, 4) is 0 Å². The van der Waals surface area contributed by atoms with E-state index in [9.17, 15) is 0 Å². The highest BCUT2D eigenvalue weighted by Crippen LogP contribution is 2.45. The van der Waals surface area contributed by atoms with E-state index in [1.807, 2.05) is 6.20 Å². The lowest BCUT2D eigenvalue weighted by atomic mass is 9.68. The summed E-state index contributed by atoms with van der Waals surface area (Å²) in [5.41, 5.74) is 0.661. The largest absolute Gasteiger partial charge is 0.356 e. The molecule has 0 amide bonds. The van der Waals surface area contributed by atoms with Gasteiger partial charge in [0.05, 0.1) is 4.47 Å². The molecule has 1 spiro atoms. The lowest BCUT2D eigenvalue weighted by molar-refractivity contribution is 0.144. The van der Waals surface area contributed by atoms with Crippen LogP contribution in [0.4, 0.5) is 5.82 Å². The Balaban J connectivity index is 1.68. The van der Waals surface area contributed by atoms with Crippen LogP contribution >= 0.6 is 15.9 Å². The van der Waals surface area contributed by atoms with E-state index < -0.39 is 0 Å². The average molecular weight is 310 g/mol. The fraction of sp³-hybridized carbons (Fsp3) is 0.714. The molecule has 1 aromatic heterocycles. The Kier molecular flexibility index (Phi) is 3.55. The van der Waals surface area contributed by atoms with Crippen LogP contribution in [0.1, 0.15) is 44.9 Å². The zero-order chi connectivity index (χ0) is 12.4. The Morgan fingerprint density at radius 1 is 1.06 bits per heavy atom. The zero-order valence-electron chi connectivity index (χ0n) is 10.7. The van der Waals surface area contributed by atoms with Crippen LogP contribution in [0.5, 0.6) is 0 Å². The number of rotatable bonds is 1. The second-order valence-corrected chi connectivity index (χ2v) is 6.60. The van der Waals surface area contributed by atoms with Crippen LogP contribution < -0.4 is 4.90 Å². The highest BCUT2D eigenvalue weighted by Gasteiger charge is 2.35. The molecule has 0 bridgehead atoms. The highest BCUT2D eigenvalue weighted by atomic mass is 79.9. The van der Waals surface area contributed by atoms with E-state index in [4.69, 9.17) is 0 Å². The van der Waals surface area contributed by atoms with Crippen molar-refractivity contribution in [2.45, 2.75) is 44.9 Å². The van der Waals surface area contributed by atoms with E-state index in [0.717, 1.165) is 23.4 Å². The van der Waals surface area contributed by atoms with Gasteiger partial charge in [0.25, 0.3) is 0 Å². The second-order valence-electron chi connectivity index (χ2n) is 5.74. The van der Waals surface area contributed by atoms with Crippen LogP contribution in [0.15, 0.2) is 17.0 Å². The number of aromatic nitrogens is 2. The number of anilines is 1. The summed E-state index contributed by atoms with van der Waals surface area (Å²) in [5, 5.41) is 0. The minimum atomic E-state index is 0.661. The first-order chi connectivity index (χ1) is 8.79. The van der Waals surface area contributed by atoms with Gasteiger partial charge in [-0.25, -0.2) is 9.97 Å². The molecule has 2 fully saturated rings. The third-order valence-corrected chi connectivity index (χ3v) is 5.25. The van der Waals surface area contributed by atoms with Gasteiger partial charge in [0.2, 0.25) is 0 Å². The normalized spacial score (nSPS) is 23.3. The van der Waals surface area contributed by atoms with Gasteiger partial charge in [0, 0.05) is 19.3 Å². The van der Waals surface area contributed by atoms with Crippen molar-refractivity contribution >= 4 is 21.7 Å². The summed E-state index contributed by atoms with van der Waals surface area (Å²) in [6.45, 7) is 2.30. The third-order valence-electron chi connectivity index (χ3n) is 4.69. The number of hydrogen-bond donors (Lipinski definition) is 0. The van der Waals surface area contributed by atoms with E-state index in [0.29, 0.717) is 5.41 Å². The van der Waals surface area contributed by atoms with Crippen molar-refractivity contribution < 1.29 is 0 Å². The Hall–Kier alpha value is -0.640. The van der Waals surface area contributed by atoms with Crippen LogP contribution in [0.25, 0.3) is 0 Å². The Morgan fingerprint density at radius 2 is 1.78 bits per heavy atom. The molecular formula is C14H20BrN3. The van der Waals surface area contributed by atoms with Crippen molar-refractivity contribution in [3.63, 3.8) is 0 Å². The van der Waals surface area contributed by atoms with Gasteiger partial charge in [-0.15, -0.1) is 0 Å². The number of hydrogen-bond acceptors (Lipinski definition) is 3. The Morgan fingerprint density at radius 3 is 2.44 bits per heavy atom. The minimum absolute atomic E-state index is 0.661. The number of piperidine rings is 1. The summed E-state index contributed by atoms with van der Waals surface area (Å²) >= 11 is 3.55. The predicted octanol–water partition coefficient (Wildman–Crippen LogP) is 3.79. The lowest BCUT2D eigenvalue weighted by Gasteiger charge is -2.44. The van der Waals surface area contributed by atoms with Crippen molar-refractivity contribution in [2.75, 3.05) is 18.0 Å². The summed E-state index contributed by atoms with van der Waals surface area (Å²) in [6.07, 6.45) is 13.4. The molecule has 1 aliphatic heterocycles. The predicted molar refractivity (Wildman–Crippen MR) is 76.7 cm³/mol. The molecule has 0 atom stereocenters. The number of halogens is 1. The van der Waals surface area contributed by atoms with Crippen LogP contribution in [-0.4, -0.2) is 23.1 Å². The average Bonchev–Trinajstić information content (AvgIpc) is 2.42. The zero-order valence-corrected chi connectivity index (χ0v) is 12.3. The lowest BCUT2D eigenvalue weighted by Crippen LogP contribution is -2.41. The molecule has 1 saturated heterocycles. The molecule has 3 nitrogen and oxygen atoms in total. The molecule has 4 heteroatoms. The molecule has 3 rings (SSSR count). The van der Waals surface area contributed by atoms with Gasteiger partial charge >= 0.3 is 0 Å². The molecule has 1 saturated carbocycles. The first kappa shape index (κ1) is 12.4. The molecule has 18 heavy (non-hydrogen) atoms. The first-order valence-corrected chi connectivity index (χ1v) is 7.79. The minimum Gasteiger partial charge on any atom is -0.356 e. The summed E-state index contributed by atoms with van der Waals surface area (Å²) in [6, 6.07) is 0. The maximum absolute atomic E-state index is 4.40. The van der Waals surface area contributed by atoms with Crippen LogP contribution in [0, 0.1) is 5.41 Å². The van der Waals surface area contributed by atoms with Crippen molar-refractivity contribution in [1.29, 1.82) is 0 Å². The SMILES string of the molecule is Brc1cncnc1N1CCC2(CCCCC2)CC1. The fourth-order valence-corrected chi connectivity index (χ4v) is 4.00. The fourth-order valence-electron chi connectivity index (χ4n) is 3.53. The summed E-state index contributed by atoms with van der Waals surface area (Å²) in [7, 11) is 0. The summed E-state index contributed by atoms with van der Waals surface area (Å²) in [5.74, 6) is 1.07. The maximum atomic E-state index is 4.40. The maximum Gasteiger partial charge on any atom is 0.146 e. The van der Waals surface area contributed by atoms with Gasteiger partial charge in [-0.3, -0.25) is 0 Å².